The van der Waals surface area contributed by atoms with E-state index < -0.39 is 0 Å². The Kier molecular flexibility index (Phi) is 8.92. The van der Waals surface area contributed by atoms with Gasteiger partial charge in [0.2, 0.25) is 0 Å². The highest BCUT2D eigenvalue weighted by atomic mass is 16.5. The van der Waals surface area contributed by atoms with Crippen molar-refractivity contribution in [1.82, 2.24) is 15.5 Å². The number of likely N-dealkylation sites (tertiary alicyclic amines) is 1. The minimum atomic E-state index is -0.00207. The summed E-state index contributed by atoms with van der Waals surface area (Å²) in [6.45, 7) is 4.72. The van der Waals surface area contributed by atoms with Crippen LogP contribution in [-0.4, -0.2) is 43.1 Å². The van der Waals surface area contributed by atoms with Crippen LogP contribution in [0.25, 0.3) is 10.8 Å². The van der Waals surface area contributed by atoms with Crippen molar-refractivity contribution >= 4 is 16.7 Å². The molecule has 2 N–H and O–H groups in total. The number of rotatable bonds is 10. The topological polar surface area (TPSA) is 53.6 Å². The van der Waals surface area contributed by atoms with Gasteiger partial charge in [-0.2, -0.15) is 0 Å². The summed E-state index contributed by atoms with van der Waals surface area (Å²) in [5.74, 6) is 0.911. The second kappa shape index (κ2) is 12.9. The lowest BCUT2D eigenvalue weighted by Crippen LogP contribution is -2.52. The van der Waals surface area contributed by atoms with E-state index in [1.54, 1.807) is 7.11 Å². The van der Waals surface area contributed by atoms with Crippen molar-refractivity contribution in [2.75, 3.05) is 20.2 Å². The van der Waals surface area contributed by atoms with Crippen LogP contribution in [0.4, 0.5) is 0 Å². The van der Waals surface area contributed by atoms with E-state index in [4.69, 9.17) is 4.74 Å². The van der Waals surface area contributed by atoms with Gasteiger partial charge < -0.3 is 15.4 Å². The summed E-state index contributed by atoms with van der Waals surface area (Å²) in [5.41, 5.74) is 3.21. The summed E-state index contributed by atoms with van der Waals surface area (Å²) in [5, 5.41) is 9.30. The maximum absolute atomic E-state index is 13.5. The number of carbonyl (C=O) groups is 1. The van der Waals surface area contributed by atoms with Crippen molar-refractivity contribution in [1.29, 1.82) is 0 Å². The highest BCUT2D eigenvalue weighted by Crippen LogP contribution is 2.32. The van der Waals surface area contributed by atoms with Gasteiger partial charge in [0, 0.05) is 36.3 Å². The molecule has 5 nitrogen and oxygen atoms in total. The van der Waals surface area contributed by atoms with Gasteiger partial charge in [-0.05, 0) is 54.3 Å². The van der Waals surface area contributed by atoms with E-state index in [0.717, 1.165) is 66.5 Å². The number of nitrogens with zero attached hydrogens (tertiary/aromatic N) is 1. The van der Waals surface area contributed by atoms with E-state index in [0.29, 0.717) is 0 Å². The molecule has 0 aliphatic carbocycles. The molecule has 1 amide bonds. The Balaban J connectivity index is 1.34. The quantitative estimate of drug-likeness (QED) is 0.255. The summed E-state index contributed by atoms with van der Waals surface area (Å²) in [6, 6.07) is 33.6. The summed E-state index contributed by atoms with van der Waals surface area (Å²) in [4.78, 5) is 16.0. The lowest BCUT2D eigenvalue weighted by Gasteiger charge is -2.43. The van der Waals surface area contributed by atoms with Crippen molar-refractivity contribution in [2.45, 2.75) is 50.9 Å². The molecule has 1 aliphatic heterocycles. The van der Waals surface area contributed by atoms with Crippen LogP contribution in [-0.2, 0) is 6.54 Å². The summed E-state index contributed by atoms with van der Waals surface area (Å²) in [6.07, 6.45) is 3.08. The summed E-state index contributed by atoms with van der Waals surface area (Å²) >= 11 is 0. The van der Waals surface area contributed by atoms with Gasteiger partial charge in [0.05, 0.1) is 13.2 Å². The SMILES string of the molecule is CCC(CN1CCC[C@H](NCc2ccccc2OC)[C@@H]1c1ccccc1)NC(=O)c1cccc2ccccc12. The van der Waals surface area contributed by atoms with Gasteiger partial charge in [-0.25, -0.2) is 0 Å². The van der Waals surface area contributed by atoms with Gasteiger partial charge in [-0.1, -0.05) is 91.9 Å². The molecule has 1 aliphatic rings. The zero-order valence-electron chi connectivity index (χ0n) is 23.0. The molecule has 4 aromatic rings. The highest BCUT2D eigenvalue weighted by Gasteiger charge is 2.33. The predicted molar refractivity (Wildman–Crippen MR) is 159 cm³/mol. The fraction of sp³-hybridized carbons (Fsp3) is 0.324. The third-order valence-electron chi connectivity index (χ3n) is 7.94. The largest absolute Gasteiger partial charge is 0.496 e. The molecule has 0 spiro atoms. The monoisotopic (exact) mass is 521 g/mol. The molecule has 0 radical (unpaired) electrons. The Morgan fingerprint density at radius 3 is 2.51 bits per heavy atom. The lowest BCUT2D eigenvalue weighted by molar-refractivity contribution is 0.0833. The first kappa shape index (κ1) is 26.9. The maximum atomic E-state index is 13.5. The Morgan fingerprint density at radius 2 is 1.69 bits per heavy atom. The molecule has 1 heterocycles. The Hall–Kier alpha value is -3.67. The molecule has 1 unspecified atom stereocenters. The van der Waals surface area contributed by atoms with Crippen molar-refractivity contribution in [3.63, 3.8) is 0 Å². The number of fused-ring (bicyclic) bond motifs is 1. The molecule has 5 heteroatoms. The van der Waals surface area contributed by atoms with Crippen LogP contribution in [0.15, 0.2) is 97.1 Å². The smallest absolute Gasteiger partial charge is 0.252 e. The Morgan fingerprint density at radius 1 is 0.949 bits per heavy atom. The number of carbonyl (C=O) groups excluding carboxylic acids is 1. The van der Waals surface area contributed by atoms with E-state index in [9.17, 15) is 4.79 Å². The Labute approximate surface area is 232 Å². The number of hydrogen-bond donors (Lipinski definition) is 2. The van der Waals surface area contributed by atoms with Gasteiger partial charge in [0.15, 0.2) is 0 Å². The van der Waals surface area contributed by atoms with Crippen LogP contribution < -0.4 is 15.4 Å². The summed E-state index contributed by atoms with van der Waals surface area (Å²) in [7, 11) is 1.73. The van der Waals surface area contributed by atoms with Gasteiger partial charge in [0.1, 0.15) is 5.75 Å². The minimum absolute atomic E-state index is 0.00207. The molecule has 0 aromatic heterocycles. The van der Waals surface area contributed by atoms with Gasteiger partial charge in [-0.3, -0.25) is 9.69 Å². The van der Waals surface area contributed by atoms with Crippen LogP contribution in [0.2, 0.25) is 0 Å². The van der Waals surface area contributed by atoms with Crippen LogP contribution in [0.3, 0.4) is 0 Å². The molecule has 5 rings (SSSR count). The number of methoxy groups -OCH3 is 1. The lowest BCUT2D eigenvalue weighted by atomic mass is 9.89. The molecular formula is C34H39N3O2. The first-order chi connectivity index (χ1) is 19.2. The Bertz CT molecular complexity index is 1370. The molecule has 39 heavy (non-hydrogen) atoms. The minimum Gasteiger partial charge on any atom is -0.496 e. The van der Waals surface area contributed by atoms with Crippen molar-refractivity contribution in [2.24, 2.45) is 0 Å². The fourth-order valence-electron chi connectivity index (χ4n) is 5.91. The summed E-state index contributed by atoms with van der Waals surface area (Å²) < 4.78 is 5.59. The van der Waals surface area contributed by atoms with Crippen molar-refractivity contribution in [3.8, 4) is 5.75 Å². The molecule has 1 saturated heterocycles. The number of piperidine rings is 1. The normalized spacial score (nSPS) is 18.5. The molecule has 4 aromatic carbocycles. The average molecular weight is 522 g/mol. The predicted octanol–water partition coefficient (Wildman–Crippen LogP) is 6.35. The third kappa shape index (κ3) is 6.32. The average Bonchev–Trinajstić information content (AvgIpc) is 2.99. The zero-order chi connectivity index (χ0) is 27.0. The van der Waals surface area contributed by atoms with Crippen molar-refractivity contribution in [3.05, 3.63) is 114 Å². The van der Waals surface area contributed by atoms with Crippen molar-refractivity contribution < 1.29 is 9.53 Å². The zero-order valence-corrected chi connectivity index (χ0v) is 23.0. The van der Waals surface area contributed by atoms with E-state index in [1.165, 1.54) is 5.56 Å². The number of nitrogens with one attached hydrogen (secondary N) is 2. The standard InChI is InChI=1S/C34H39N3O2/c1-3-28(36-34(38)30-19-11-17-25-13-7-9-18-29(25)30)24-37-22-12-20-31(33(37)26-14-5-4-6-15-26)35-23-27-16-8-10-21-32(27)39-2/h4-11,13-19,21,28,31,33,35H,3,12,20,22-24H2,1-2H3,(H,36,38)/t28?,31-,33-/m0/s1. The molecule has 0 bridgehead atoms. The van der Waals surface area contributed by atoms with Crippen LogP contribution >= 0.6 is 0 Å². The second-order valence-corrected chi connectivity index (χ2v) is 10.4. The second-order valence-electron chi connectivity index (χ2n) is 10.4. The van der Waals surface area contributed by atoms with Gasteiger partial charge in [0.25, 0.3) is 5.91 Å². The number of hydrogen-bond acceptors (Lipinski definition) is 4. The molecular weight excluding hydrogens is 482 g/mol. The van der Waals surface area contributed by atoms with E-state index >= 15 is 0 Å². The first-order valence-electron chi connectivity index (χ1n) is 14.1. The maximum Gasteiger partial charge on any atom is 0.252 e. The molecule has 0 saturated carbocycles. The van der Waals surface area contributed by atoms with E-state index in [1.807, 2.05) is 42.5 Å². The number of benzene rings is 4. The van der Waals surface area contributed by atoms with Crippen LogP contribution in [0.1, 0.15) is 53.7 Å². The number of para-hydroxylation sites is 1. The molecule has 1 fully saturated rings. The van der Waals surface area contributed by atoms with Gasteiger partial charge in [-0.15, -0.1) is 0 Å². The third-order valence-corrected chi connectivity index (χ3v) is 7.94. The number of amides is 1. The number of ether oxygens (including phenoxy) is 1. The highest BCUT2D eigenvalue weighted by molar-refractivity contribution is 6.07. The van der Waals surface area contributed by atoms with Crippen LogP contribution in [0, 0.1) is 0 Å². The van der Waals surface area contributed by atoms with E-state index in [2.05, 4.69) is 77.1 Å². The first-order valence-corrected chi connectivity index (χ1v) is 14.1. The molecule has 3 atom stereocenters. The van der Waals surface area contributed by atoms with E-state index in [-0.39, 0.29) is 24.0 Å². The van der Waals surface area contributed by atoms with Crippen LogP contribution in [0.5, 0.6) is 5.75 Å². The van der Waals surface area contributed by atoms with Gasteiger partial charge >= 0.3 is 0 Å². The molecule has 202 valence electrons. The fourth-order valence-corrected chi connectivity index (χ4v) is 5.91.